The van der Waals surface area contributed by atoms with Gasteiger partial charge in [0, 0.05) is 16.1 Å². The van der Waals surface area contributed by atoms with Crippen molar-refractivity contribution in [1.82, 2.24) is 10.6 Å². The Morgan fingerprint density at radius 3 is 2.45 bits per heavy atom. The van der Waals surface area contributed by atoms with E-state index in [1.807, 2.05) is 26.8 Å². The predicted octanol–water partition coefficient (Wildman–Crippen LogP) is 3.10. The molecule has 1 amide bonds. The van der Waals surface area contributed by atoms with Crippen molar-refractivity contribution in [1.29, 1.82) is 0 Å². The van der Waals surface area contributed by atoms with Crippen LogP contribution in [0.5, 0.6) is 0 Å². The molecule has 1 atom stereocenters. The van der Waals surface area contributed by atoms with Crippen molar-refractivity contribution in [2.24, 2.45) is 10.7 Å². The molecule has 22 heavy (non-hydrogen) atoms. The molecule has 1 rings (SSSR count). The minimum Gasteiger partial charge on any atom is -0.370 e. The first-order valence-electron chi connectivity index (χ1n) is 6.60. The third-order valence-electron chi connectivity index (χ3n) is 2.64. The number of carbonyl (C=O) groups excluding carboxylic acids is 1. The molecule has 1 aromatic rings. The summed E-state index contributed by atoms with van der Waals surface area (Å²) in [5.74, 6) is 0.0133. The summed E-state index contributed by atoms with van der Waals surface area (Å²) in [5, 5.41) is 6.84. The van der Waals surface area contributed by atoms with Crippen molar-refractivity contribution in [3.8, 4) is 0 Å². The molecule has 0 heterocycles. The number of aliphatic imine (C=N–C) groups is 1. The van der Waals surface area contributed by atoms with Crippen LogP contribution >= 0.6 is 47.2 Å². The van der Waals surface area contributed by atoms with E-state index >= 15 is 0 Å². The Hall–Kier alpha value is -0.730. The van der Waals surface area contributed by atoms with Crippen LogP contribution in [0.25, 0.3) is 0 Å². The van der Waals surface area contributed by atoms with Crippen LogP contribution in [-0.2, 0) is 4.79 Å². The zero-order valence-electron chi connectivity index (χ0n) is 12.7. The largest absolute Gasteiger partial charge is 0.370 e. The number of hydrogen-bond acceptors (Lipinski definition) is 2. The van der Waals surface area contributed by atoms with E-state index in [1.54, 1.807) is 12.1 Å². The molecule has 0 aliphatic heterocycles. The number of amides is 1. The zero-order valence-corrected chi connectivity index (χ0v) is 16.5. The van der Waals surface area contributed by atoms with Crippen LogP contribution in [0.1, 0.15) is 32.4 Å². The van der Waals surface area contributed by atoms with Gasteiger partial charge in [-0.3, -0.25) is 4.79 Å². The van der Waals surface area contributed by atoms with Gasteiger partial charge in [-0.1, -0.05) is 29.3 Å². The molecule has 0 aliphatic carbocycles. The van der Waals surface area contributed by atoms with Crippen molar-refractivity contribution in [3.63, 3.8) is 0 Å². The van der Waals surface area contributed by atoms with Crippen molar-refractivity contribution in [3.05, 3.63) is 33.8 Å². The molecule has 8 heteroatoms. The minimum atomic E-state index is -0.174. The van der Waals surface area contributed by atoms with Gasteiger partial charge in [0.15, 0.2) is 5.96 Å². The van der Waals surface area contributed by atoms with Crippen LogP contribution in [0.3, 0.4) is 0 Å². The molecule has 1 aromatic carbocycles. The number of halogens is 3. The third-order valence-corrected chi connectivity index (χ3v) is 3.20. The molecule has 0 bridgehead atoms. The van der Waals surface area contributed by atoms with E-state index < -0.39 is 0 Å². The Balaban J connectivity index is 0.00000441. The molecule has 0 spiro atoms. The van der Waals surface area contributed by atoms with Gasteiger partial charge in [-0.05, 0) is 38.5 Å². The summed E-state index contributed by atoms with van der Waals surface area (Å²) in [7, 11) is 0. The van der Waals surface area contributed by atoms with Gasteiger partial charge in [-0.15, -0.1) is 24.0 Å². The van der Waals surface area contributed by atoms with Crippen LogP contribution in [0.4, 0.5) is 0 Å². The van der Waals surface area contributed by atoms with E-state index in [9.17, 15) is 4.79 Å². The van der Waals surface area contributed by atoms with Gasteiger partial charge in [0.1, 0.15) is 6.54 Å². The molecule has 5 nitrogen and oxygen atoms in total. The summed E-state index contributed by atoms with van der Waals surface area (Å²) in [6, 6.07) is 5.17. The van der Waals surface area contributed by atoms with Crippen LogP contribution in [0.15, 0.2) is 23.2 Å². The highest BCUT2D eigenvalue weighted by atomic mass is 127. The zero-order chi connectivity index (χ0) is 16.0. The second-order valence-electron chi connectivity index (χ2n) is 4.96. The summed E-state index contributed by atoms with van der Waals surface area (Å²) in [6.45, 7) is 5.64. The highest BCUT2D eigenvalue weighted by molar-refractivity contribution is 14.0. The van der Waals surface area contributed by atoms with E-state index in [2.05, 4.69) is 15.6 Å². The lowest BCUT2D eigenvalue weighted by Crippen LogP contribution is -2.36. The summed E-state index contributed by atoms with van der Waals surface area (Å²) in [4.78, 5) is 15.5. The fourth-order valence-electron chi connectivity index (χ4n) is 1.72. The number of nitrogens with zero attached hydrogens (tertiary/aromatic N) is 1. The summed E-state index contributed by atoms with van der Waals surface area (Å²) < 4.78 is 0. The van der Waals surface area contributed by atoms with Crippen LogP contribution in [0, 0.1) is 0 Å². The first kappa shape index (κ1) is 21.3. The maximum absolute atomic E-state index is 11.5. The van der Waals surface area contributed by atoms with Gasteiger partial charge < -0.3 is 16.4 Å². The normalized spacial score (nSPS) is 12.5. The predicted molar refractivity (Wildman–Crippen MR) is 103 cm³/mol. The lowest BCUT2D eigenvalue weighted by atomic mass is 10.1. The van der Waals surface area contributed by atoms with E-state index in [4.69, 9.17) is 28.9 Å². The Labute approximate surface area is 158 Å². The topological polar surface area (TPSA) is 79.5 Å². The van der Waals surface area contributed by atoms with Crippen LogP contribution in [0.2, 0.25) is 10.0 Å². The van der Waals surface area contributed by atoms with Gasteiger partial charge >= 0.3 is 0 Å². The van der Waals surface area contributed by atoms with Crippen molar-refractivity contribution >= 4 is 59.0 Å². The Bertz CT molecular complexity index is 538. The number of guanidine groups is 1. The van der Waals surface area contributed by atoms with Crippen LogP contribution in [-0.4, -0.2) is 24.5 Å². The maximum atomic E-state index is 11.5. The molecule has 124 valence electrons. The average Bonchev–Trinajstić information content (AvgIpc) is 2.35. The molecule has 4 N–H and O–H groups in total. The fraction of sp³-hybridized carbons (Fsp3) is 0.429. The molecular weight excluding hydrogens is 438 g/mol. The number of carbonyl (C=O) groups is 1. The monoisotopic (exact) mass is 458 g/mol. The molecule has 0 fully saturated rings. The van der Waals surface area contributed by atoms with Crippen molar-refractivity contribution in [2.45, 2.75) is 32.9 Å². The first-order valence-corrected chi connectivity index (χ1v) is 7.36. The fourth-order valence-corrected chi connectivity index (χ4v) is 2.29. The molecule has 0 saturated heterocycles. The van der Waals surface area contributed by atoms with E-state index in [0.29, 0.717) is 10.0 Å². The second-order valence-corrected chi connectivity index (χ2v) is 5.80. The number of nitrogens with two attached hydrogens (primary N) is 1. The van der Waals surface area contributed by atoms with E-state index in [0.717, 1.165) is 5.56 Å². The quantitative estimate of drug-likeness (QED) is 0.360. The van der Waals surface area contributed by atoms with Gasteiger partial charge in [-0.2, -0.15) is 0 Å². The molecular formula is C14H21Cl2IN4O. The van der Waals surface area contributed by atoms with Crippen molar-refractivity contribution < 1.29 is 4.79 Å². The lowest BCUT2D eigenvalue weighted by molar-refractivity contribution is -0.120. The number of nitrogens with one attached hydrogen (secondary N) is 2. The summed E-state index contributed by atoms with van der Waals surface area (Å²) >= 11 is 12.0. The molecule has 0 saturated carbocycles. The maximum Gasteiger partial charge on any atom is 0.242 e. The van der Waals surface area contributed by atoms with Gasteiger partial charge in [-0.25, -0.2) is 4.99 Å². The van der Waals surface area contributed by atoms with Crippen LogP contribution < -0.4 is 16.4 Å². The van der Waals surface area contributed by atoms with Gasteiger partial charge in [0.05, 0.1) is 6.04 Å². The SMILES string of the molecule is CC(C)NC(=O)CN=C(N)NC(C)c1ccc(Cl)cc1Cl.I. The van der Waals surface area contributed by atoms with Gasteiger partial charge in [0.25, 0.3) is 0 Å². The molecule has 1 unspecified atom stereocenters. The minimum absolute atomic E-state index is 0. The average molecular weight is 459 g/mol. The lowest BCUT2D eigenvalue weighted by Gasteiger charge is -2.16. The Morgan fingerprint density at radius 2 is 1.91 bits per heavy atom. The van der Waals surface area contributed by atoms with Gasteiger partial charge in [0.2, 0.25) is 5.91 Å². The summed E-state index contributed by atoms with van der Waals surface area (Å²) in [5.41, 5.74) is 6.61. The van der Waals surface area contributed by atoms with Crippen molar-refractivity contribution in [2.75, 3.05) is 6.54 Å². The molecule has 0 radical (unpaired) electrons. The van der Waals surface area contributed by atoms with E-state index in [1.165, 1.54) is 0 Å². The highest BCUT2D eigenvalue weighted by Gasteiger charge is 2.11. The smallest absolute Gasteiger partial charge is 0.242 e. The second kappa shape index (κ2) is 10.1. The highest BCUT2D eigenvalue weighted by Crippen LogP contribution is 2.25. The standard InChI is InChI=1S/C14H20Cl2N4O.HI/c1-8(2)19-13(21)7-18-14(17)20-9(3)11-5-4-10(15)6-12(11)16;/h4-6,8-9H,7H2,1-3H3,(H,19,21)(H3,17,18,20);1H. The van der Waals surface area contributed by atoms with E-state index in [-0.39, 0.29) is 54.5 Å². The third kappa shape index (κ3) is 7.51. The number of rotatable bonds is 5. The number of benzene rings is 1. The number of hydrogen-bond donors (Lipinski definition) is 3. The molecule has 0 aliphatic rings. The summed E-state index contributed by atoms with van der Waals surface area (Å²) in [6.07, 6.45) is 0. The molecule has 0 aromatic heterocycles. The Kier molecular flexibility index (Phi) is 9.79. The first-order chi connectivity index (χ1) is 9.79. The Morgan fingerprint density at radius 1 is 1.27 bits per heavy atom.